The van der Waals surface area contributed by atoms with E-state index in [9.17, 15) is 19.5 Å². The number of carboxylic acids is 1. The van der Waals surface area contributed by atoms with Gasteiger partial charge < -0.3 is 9.84 Å². The summed E-state index contributed by atoms with van der Waals surface area (Å²) in [5.74, 6) is -1.03. The van der Waals surface area contributed by atoms with Gasteiger partial charge in [-0.2, -0.15) is 0 Å². The van der Waals surface area contributed by atoms with Gasteiger partial charge in [0.15, 0.2) is 5.13 Å². The number of hydrogen-bond donors (Lipinski definition) is 1. The van der Waals surface area contributed by atoms with Crippen molar-refractivity contribution in [2.75, 3.05) is 23.0 Å². The van der Waals surface area contributed by atoms with Crippen molar-refractivity contribution in [3.05, 3.63) is 48.0 Å². The van der Waals surface area contributed by atoms with Crippen LogP contribution in [-0.4, -0.2) is 58.2 Å². The van der Waals surface area contributed by atoms with Gasteiger partial charge in [-0.15, -0.1) is 11.3 Å². The topological polar surface area (TPSA) is 113 Å². The molecule has 1 aromatic carbocycles. The van der Waals surface area contributed by atoms with E-state index in [1.807, 2.05) is 41.8 Å². The lowest BCUT2D eigenvalue weighted by Gasteiger charge is -2.29. The zero-order valence-corrected chi connectivity index (χ0v) is 23.7. The summed E-state index contributed by atoms with van der Waals surface area (Å²) in [5.41, 5.74) is 3.54. The van der Waals surface area contributed by atoms with Crippen LogP contribution in [0.2, 0.25) is 0 Å². The number of rotatable bonds is 10. The number of aliphatic carboxylic acids is 1. The second-order valence-electron chi connectivity index (χ2n) is 11.1. The van der Waals surface area contributed by atoms with Crippen molar-refractivity contribution in [3.63, 3.8) is 0 Å². The lowest BCUT2D eigenvalue weighted by Crippen LogP contribution is -2.40. The Morgan fingerprint density at radius 2 is 1.93 bits per heavy atom. The number of aromatic nitrogens is 2. The molecule has 1 N–H and O–H groups in total. The predicted octanol–water partition coefficient (Wildman–Crippen LogP) is 5.54. The maximum absolute atomic E-state index is 13.9. The summed E-state index contributed by atoms with van der Waals surface area (Å²) in [6.07, 6.45) is 7.98. The smallest absolute Gasteiger partial charge is 0.304 e. The second-order valence-corrected chi connectivity index (χ2v) is 11.9. The van der Waals surface area contributed by atoms with E-state index in [2.05, 4.69) is 4.98 Å². The average molecular weight is 575 g/mol. The number of amides is 2. The fourth-order valence-corrected chi connectivity index (χ4v) is 6.71. The Morgan fingerprint density at radius 1 is 1.10 bits per heavy atom. The van der Waals surface area contributed by atoms with Crippen molar-refractivity contribution in [1.82, 2.24) is 9.97 Å². The van der Waals surface area contributed by atoms with Gasteiger partial charge in [0.25, 0.3) is 0 Å². The molecule has 41 heavy (non-hydrogen) atoms. The van der Waals surface area contributed by atoms with Crippen LogP contribution in [0.15, 0.2) is 48.0 Å². The van der Waals surface area contributed by atoms with Crippen LogP contribution in [-0.2, 0) is 19.1 Å². The number of pyridine rings is 1. The first kappa shape index (κ1) is 27.5. The Balaban J connectivity index is 1.25. The molecule has 6 rings (SSSR count). The summed E-state index contributed by atoms with van der Waals surface area (Å²) in [7, 11) is 0. The molecule has 0 radical (unpaired) electrons. The van der Waals surface area contributed by atoms with Crippen molar-refractivity contribution in [2.24, 2.45) is 5.92 Å². The maximum atomic E-state index is 13.9. The number of benzene rings is 1. The Kier molecular flexibility index (Phi) is 8.11. The fraction of sp³-hybridized carbons (Fsp3) is 0.452. The van der Waals surface area contributed by atoms with Gasteiger partial charge in [-0.1, -0.05) is 24.3 Å². The highest BCUT2D eigenvalue weighted by atomic mass is 32.1. The fourth-order valence-electron chi connectivity index (χ4n) is 5.80. The molecular weight excluding hydrogens is 540 g/mol. The van der Waals surface area contributed by atoms with Gasteiger partial charge in [0.2, 0.25) is 11.8 Å². The summed E-state index contributed by atoms with van der Waals surface area (Å²) in [6, 6.07) is 11.8. The first-order chi connectivity index (χ1) is 20.0. The quantitative estimate of drug-likeness (QED) is 0.338. The largest absolute Gasteiger partial charge is 0.481 e. The van der Waals surface area contributed by atoms with Crippen molar-refractivity contribution in [2.45, 2.75) is 69.9 Å². The molecule has 2 unspecified atom stereocenters. The molecule has 1 saturated carbocycles. The van der Waals surface area contributed by atoms with Crippen LogP contribution in [0.3, 0.4) is 0 Å². The monoisotopic (exact) mass is 574 g/mol. The summed E-state index contributed by atoms with van der Waals surface area (Å²) in [4.78, 5) is 50.7. The molecule has 3 aliphatic rings. The molecule has 4 heterocycles. The predicted molar refractivity (Wildman–Crippen MR) is 157 cm³/mol. The van der Waals surface area contributed by atoms with E-state index in [-0.39, 0.29) is 30.4 Å². The number of carbonyl (C=O) groups is 3. The maximum Gasteiger partial charge on any atom is 0.304 e. The Bertz CT molecular complexity index is 1410. The molecule has 0 bridgehead atoms. The minimum absolute atomic E-state index is 0.0466. The first-order valence-corrected chi connectivity index (χ1v) is 15.3. The molecule has 2 saturated heterocycles. The molecule has 2 atom stereocenters. The highest BCUT2D eigenvalue weighted by Crippen LogP contribution is 2.40. The molecule has 3 aromatic rings. The van der Waals surface area contributed by atoms with Crippen molar-refractivity contribution < 1.29 is 24.2 Å². The molecule has 2 amide bonds. The molecule has 3 fully saturated rings. The van der Waals surface area contributed by atoms with Crippen molar-refractivity contribution >= 4 is 40.1 Å². The number of nitrogens with zero attached hydrogens (tertiary/aromatic N) is 4. The van der Waals surface area contributed by atoms with Gasteiger partial charge in [0.1, 0.15) is 5.82 Å². The van der Waals surface area contributed by atoms with Crippen molar-refractivity contribution in [1.29, 1.82) is 0 Å². The number of carbonyl (C=O) groups excluding carboxylic acids is 2. The van der Waals surface area contributed by atoms with Crippen LogP contribution in [0.1, 0.15) is 57.8 Å². The Hall–Kier alpha value is -3.63. The normalized spacial score (nSPS) is 19.8. The third kappa shape index (κ3) is 6.18. The van der Waals surface area contributed by atoms with Gasteiger partial charge >= 0.3 is 5.97 Å². The minimum atomic E-state index is -0.975. The molecule has 0 spiro atoms. The summed E-state index contributed by atoms with van der Waals surface area (Å²) in [5, 5.41) is 12.2. The molecule has 9 nitrogen and oxygen atoms in total. The SMILES string of the molecule is O=C(O)CC(CC1CCCCO1)C(=O)N(c1nc(-c2ccccc2-c2ccc(N3CCCC3=O)nc2)cs1)C1CC1. The minimum Gasteiger partial charge on any atom is -0.481 e. The number of thiazole rings is 1. The highest BCUT2D eigenvalue weighted by Gasteiger charge is 2.40. The van der Waals surface area contributed by atoms with Gasteiger partial charge in [0.05, 0.1) is 24.1 Å². The van der Waals surface area contributed by atoms with Crippen LogP contribution >= 0.6 is 11.3 Å². The van der Waals surface area contributed by atoms with Gasteiger partial charge in [0, 0.05) is 48.3 Å². The Morgan fingerprint density at radius 3 is 2.59 bits per heavy atom. The zero-order chi connectivity index (χ0) is 28.3. The average Bonchev–Trinajstić information content (AvgIpc) is 3.53. The third-order valence-electron chi connectivity index (χ3n) is 8.05. The van der Waals surface area contributed by atoms with E-state index in [1.165, 1.54) is 11.3 Å². The van der Waals surface area contributed by atoms with E-state index in [0.29, 0.717) is 36.9 Å². The van der Waals surface area contributed by atoms with Gasteiger partial charge in [-0.3, -0.25) is 24.2 Å². The van der Waals surface area contributed by atoms with Crippen LogP contribution < -0.4 is 9.80 Å². The molecule has 10 heteroatoms. The van der Waals surface area contributed by atoms with E-state index < -0.39 is 11.9 Å². The Labute approximate surface area is 243 Å². The summed E-state index contributed by atoms with van der Waals surface area (Å²) >= 11 is 1.41. The molecular formula is C31H34N4O5S. The molecule has 2 aromatic heterocycles. The number of ether oxygens (including phenoxy) is 1. The lowest BCUT2D eigenvalue weighted by molar-refractivity contribution is -0.141. The highest BCUT2D eigenvalue weighted by molar-refractivity contribution is 7.14. The number of hydrogen-bond acceptors (Lipinski definition) is 7. The molecule has 2 aliphatic heterocycles. The number of anilines is 2. The van der Waals surface area contributed by atoms with E-state index in [0.717, 1.165) is 60.9 Å². The number of carboxylic acid groups (broad SMARTS) is 1. The molecule has 214 valence electrons. The molecule has 1 aliphatic carbocycles. The second kappa shape index (κ2) is 12.1. The first-order valence-electron chi connectivity index (χ1n) is 14.5. The zero-order valence-electron chi connectivity index (χ0n) is 22.9. The van der Waals surface area contributed by atoms with E-state index in [4.69, 9.17) is 9.72 Å². The summed E-state index contributed by atoms with van der Waals surface area (Å²) in [6.45, 7) is 1.36. The van der Waals surface area contributed by atoms with E-state index in [1.54, 1.807) is 16.0 Å². The van der Waals surface area contributed by atoms with Crippen LogP contribution in [0.4, 0.5) is 10.9 Å². The van der Waals surface area contributed by atoms with Crippen LogP contribution in [0, 0.1) is 5.92 Å². The summed E-state index contributed by atoms with van der Waals surface area (Å²) < 4.78 is 5.86. The van der Waals surface area contributed by atoms with Gasteiger partial charge in [-0.25, -0.2) is 9.97 Å². The van der Waals surface area contributed by atoms with Crippen molar-refractivity contribution in [3.8, 4) is 22.4 Å². The standard InChI is InChI=1S/C31H34N4O5S/c36-28-9-5-14-34(28)27-13-10-20(18-32-27)24-7-1-2-8-25(24)26-19-41-31(33-26)35(22-11-12-22)30(39)21(17-29(37)38)16-23-6-3-4-15-40-23/h1-2,7-8,10,13,18-19,21-23H,3-6,9,11-12,14-17H2,(H,37,38). The lowest BCUT2D eigenvalue weighted by atomic mass is 9.93. The van der Waals surface area contributed by atoms with E-state index >= 15 is 0 Å². The third-order valence-corrected chi connectivity index (χ3v) is 8.89. The van der Waals surface area contributed by atoms with Crippen LogP contribution in [0.5, 0.6) is 0 Å². The van der Waals surface area contributed by atoms with Gasteiger partial charge in [-0.05, 0) is 62.6 Å². The van der Waals surface area contributed by atoms with Crippen LogP contribution in [0.25, 0.3) is 22.4 Å².